The van der Waals surface area contributed by atoms with Crippen LogP contribution in [-0.4, -0.2) is 16.3 Å². The lowest BCUT2D eigenvalue weighted by atomic mass is 9.79. The van der Waals surface area contributed by atoms with Crippen LogP contribution in [0, 0.1) is 0 Å². The van der Waals surface area contributed by atoms with Crippen LogP contribution in [0.25, 0.3) is 5.53 Å². The quantitative estimate of drug-likeness (QED) is 0.341. The smallest absolute Gasteiger partial charge is 0.361 e. The summed E-state index contributed by atoms with van der Waals surface area (Å²) in [6, 6.07) is 37.6. The molecule has 32 heavy (non-hydrogen) atoms. The molecule has 0 atom stereocenters. The number of benzene rings is 4. The number of Topliss-reactive ketones (excluding diaryl/α,β-unsaturated/α-hetero) is 1. The largest absolute Gasteiger partial charge is 0.378 e. The van der Waals surface area contributed by atoms with Crippen LogP contribution >= 0.6 is 0 Å². The van der Waals surface area contributed by atoms with Gasteiger partial charge in [0.15, 0.2) is 5.60 Å². The predicted octanol–water partition coefficient (Wildman–Crippen LogP) is 5.14. The average Bonchev–Trinajstić information content (AvgIpc) is 3.16. The number of ether oxygens (including phenoxy) is 1. The van der Waals surface area contributed by atoms with Gasteiger partial charge in [-0.05, 0) is 11.1 Å². The number of nitrogens with zero attached hydrogens (tertiary/aromatic N) is 2. The van der Waals surface area contributed by atoms with Gasteiger partial charge in [0.05, 0.1) is 0 Å². The van der Waals surface area contributed by atoms with E-state index in [0.29, 0.717) is 22.3 Å². The molecule has 0 unspecified atom stereocenters. The van der Waals surface area contributed by atoms with Gasteiger partial charge in [-0.25, -0.2) is 0 Å². The third-order valence-corrected chi connectivity index (χ3v) is 6.00. The Hall–Kier alpha value is -4.11. The normalized spacial score (nSPS) is 16.5. The highest BCUT2D eigenvalue weighted by Crippen LogP contribution is 2.51. The molecule has 5 rings (SSSR count). The summed E-state index contributed by atoms with van der Waals surface area (Å²) in [5.74, 6) is -0.398. The average molecular weight is 416 g/mol. The van der Waals surface area contributed by atoms with E-state index in [4.69, 9.17) is 4.74 Å². The Labute approximate surface area is 186 Å². The Balaban J connectivity index is 1.89. The number of hydrogen-bond acceptors (Lipinski definition) is 2. The molecule has 1 heterocycles. The van der Waals surface area contributed by atoms with Gasteiger partial charge >= 0.3 is 5.71 Å². The molecule has 0 aromatic heterocycles. The second-order valence-corrected chi connectivity index (χ2v) is 7.71. The van der Waals surface area contributed by atoms with Crippen LogP contribution in [0.4, 0.5) is 0 Å². The molecular weight excluding hydrogens is 396 g/mol. The highest BCUT2D eigenvalue weighted by molar-refractivity contribution is 6.46. The standard InChI is InChI=1S/C28H20N2O2/c29-30-25-26(31)28(23-17-9-3-10-18-23,24-19-11-4-12-20-24)32-27(25,21-13-5-1-6-14-21)22-15-7-2-8-16-22/h1-20H. The van der Waals surface area contributed by atoms with Crippen LogP contribution in [0.2, 0.25) is 0 Å². The van der Waals surface area contributed by atoms with Crippen molar-refractivity contribution in [3.8, 4) is 0 Å². The molecule has 0 N–H and O–H groups in total. The summed E-state index contributed by atoms with van der Waals surface area (Å²) < 4.78 is 6.96. The van der Waals surface area contributed by atoms with Gasteiger partial charge in [-0.3, -0.25) is 4.79 Å². The molecular formula is C28H20N2O2. The Bertz CT molecular complexity index is 1220. The first-order chi connectivity index (χ1) is 15.7. The molecule has 154 valence electrons. The SMILES string of the molecule is [N-]=[N+]=C1C(=O)C(c2ccccc2)(c2ccccc2)OC1(c1ccccc1)c1ccccc1. The molecule has 0 spiro atoms. The molecule has 4 heteroatoms. The van der Waals surface area contributed by atoms with Gasteiger partial charge in [-0.1, -0.05) is 121 Å². The highest BCUT2D eigenvalue weighted by atomic mass is 16.5. The van der Waals surface area contributed by atoms with Crippen molar-refractivity contribution in [3.63, 3.8) is 0 Å². The first-order valence-electron chi connectivity index (χ1n) is 10.4. The number of carbonyl (C=O) groups is 1. The zero-order chi connectivity index (χ0) is 22.0. The minimum atomic E-state index is -1.48. The first-order valence-corrected chi connectivity index (χ1v) is 10.4. The number of carbonyl (C=O) groups excluding carboxylic acids is 1. The summed E-state index contributed by atoms with van der Waals surface area (Å²) in [4.78, 5) is 17.8. The van der Waals surface area contributed by atoms with E-state index in [0.717, 1.165) is 0 Å². The number of hydrogen-bond donors (Lipinski definition) is 0. The molecule has 4 aromatic rings. The molecule has 1 aliphatic heterocycles. The van der Waals surface area contributed by atoms with E-state index in [9.17, 15) is 10.3 Å². The molecule has 1 saturated heterocycles. The monoisotopic (exact) mass is 416 g/mol. The van der Waals surface area contributed by atoms with Crippen LogP contribution in [0.3, 0.4) is 0 Å². The van der Waals surface area contributed by atoms with E-state index >= 15 is 0 Å². The van der Waals surface area contributed by atoms with Crippen molar-refractivity contribution in [1.29, 1.82) is 0 Å². The third kappa shape index (κ3) is 2.78. The molecule has 0 saturated carbocycles. The van der Waals surface area contributed by atoms with E-state index < -0.39 is 17.0 Å². The summed E-state index contributed by atoms with van der Waals surface area (Å²) in [6.07, 6.45) is 0. The lowest BCUT2D eigenvalue weighted by Gasteiger charge is -2.33. The van der Waals surface area contributed by atoms with E-state index in [1.165, 1.54) is 0 Å². The van der Waals surface area contributed by atoms with Crippen LogP contribution in [0.15, 0.2) is 121 Å². The van der Waals surface area contributed by atoms with Gasteiger partial charge in [-0.15, -0.1) is 0 Å². The maximum atomic E-state index is 14.2. The fourth-order valence-electron chi connectivity index (χ4n) is 4.56. The van der Waals surface area contributed by atoms with Crippen molar-refractivity contribution in [2.75, 3.05) is 0 Å². The molecule has 4 nitrogen and oxygen atoms in total. The van der Waals surface area contributed by atoms with E-state index in [1.54, 1.807) is 0 Å². The second kappa shape index (κ2) is 7.86. The fraction of sp³-hybridized carbons (Fsp3) is 0.0714. The minimum absolute atomic E-state index is 0.0531. The summed E-state index contributed by atoms with van der Waals surface area (Å²) >= 11 is 0. The van der Waals surface area contributed by atoms with E-state index in [2.05, 4.69) is 4.79 Å². The first kappa shape index (κ1) is 19.8. The van der Waals surface area contributed by atoms with Crippen molar-refractivity contribution in [2.45, 2.75) is 11.2 Å². The molecule has 0 bridgehead atoms. The molecule has 0 aliphatic carbocycles. The van der Waals surface area contributed by atoms with Crippen molar-refractivity contribution < 1.29 is 14.3 Å². The maximum absolute atomic E-state index is 14.2. The van der Waals surface area contributed by atoms with Gasteiger partial charge in [0.2, 0.25) is 5.60 Å². The van der Waals surface area contributed by atoms with Gasteiger partial charge in [0.1, 0.15) is 0 Å². The number of rotatable bonds is 4. The Morgan fingerprint density at radius 1 is 0.531 bits per heavy atom. The van der Waals surface area contributed by atoms with Crippen LogP contribution in [0.5, 0.6) is 0 Å². The second-order valence-electron chi connectivity index (χ2n) is 7.71. The summed E-state index contributed by atoms with van der Waals surface area (Å²) in [5.41, 5.74) is 10.1. The molecule has 0 radical (unpaired) electrons. The molecule has 1 aliphatic rings. The lowest BCUT2D eigenvalue weighted by Crippen LogP contribution is -2.37. The van der Waals surface area contributed by atoms with Crippen LogP contribution < -0.4 is 0 Å². The third-order valence-electron chi connectivity index (χ3n) is 6.00. The van der Waals surface area contributed by atoms with Gasteiger partial charge < -0.3 is 10.3 Å². The highest BCUT2D eigenvalue weighted by Gasteiger charge is 2.69. The van der Waals surface area contributed by atoms with E-state index in [-0.39, 0.29) is 5.71 Å². The summed E-state index contributed by atoms with van der Waals surface area (Å²) in [7, 11) is 0. The van der Waals surface area contributed by atoms with Crippen LogP contribution in [-0.2, 0) is 20.7 Å². The minimum Gasteiger partial charge on any atom is -0.361 e. The Morgan fingerprint density at radius 2 is 0.844 bits per heavy atom. The van der Waals surface area contributed by atoms with Crippen molar-refractivity contribution in [1.82, 2.24) is 0 Å². The van der Waals surface area contributed by atoms with Gasteiger partial charge in [0.25, 0.3) is 5.78 Å². The molecule has 0 amide bonds. The molecule has 1 fully saturated rings. The zero-order valence-corrected chi connectivity index (χ0v) is 17.3. The predicted molar refractivity (Wildman–Crippen MR) is 122 cm³/mol. The molecule has 4 aromatic carbocycles. The Morgan fingerprint density at radius 3 is 1.16 bits per heavy atom. The summed E-state index contributed by atoms with van der Waals surface area (Å²) in [6.45, 7) is 0. The fourth-order valence-corrected chi connectivity index (χ4v) is 4.56. The van der Waals surface area contributed by atoms with Crippen molar-refractivity contribution in [3.05, 3.63) is 149 Å². The van der Waals surface area contributed by atoms with Gasteiger partial charge in [-0.2, -0.15) is 4.79 Å². The zero-order valence-electron chi connectivity index (χ0n) is 17.3. The Kier molecular flexibility index (Phi) is 4.87. The van der Waals surface area contributed by atoms with E-state index in [1.807, 2.05) is 121 Å². The van der Waals surface area contributed by atoms with Crippen molar-refractivity contribution >= 4 is 11.5 Å². The number of ketones is 1. The summed E-state index contributed by atoms with van der Waals surface area (Å²) in [5, 5.41) is 0. The van der Waals surface area contributed by atoms with Gasteiger partial charge in [0, 0.05) is 11.1 Å². The topological polar surface area (TPSA) is 62.7 Å². The maximum Gasteiger partial charge on any atom is 0.378 e. The lowest BCUT2D eigenvalue weighted by molar-refractivity contribution is -0.132. The van der Waals surface area contributed by atoms with Crippen molar-refractivity contribution in [2.24, 2.45) is 0 Å². The van der Waals surface area contributed by atoms with Crippen LogP contribution in [0.1, 0.15) is 22.3 Å².